The number of aliphatic hydroxyl groups excluding tert-OH is 1. The number of nitrogens with zero attached hydrogens (tertiary/aromatic N) is 3. The minimum absolute atomic E-state index is 0.0475. The molecule has 2 N–H and O–H groups in total. The molecule has 0 aliphatic carbocycles. The molecule has 1 aliphatic heterocycles. The molecule has 1 aliphatic rings. The molecular weight excluding hydrogens is 340 g/mol. The molecule has 0 saturated carbocycles. The van der Waals surface area contributed by atoms with Crippen LogP contribution < -0.4 is 5.32 Å². The number of likely N-dealkylation sites (tertiary alicyclic amines) is 1. The number of hydrogen-bond donors (Lipinski definition) is 2. The zero-order valence-electron chi connectivity index (χ0n) is 16.9. The Labute approximate surface area is 161 Å². The summed E-state index contributed by atoms with van der Waals surface area (Å²) in [5, 5.41) is 18.5. The highest BCUT2D eigenvalue weighted by Gasteiger charge is 2.41. The van der Waals surface area contributed by atoms with Crippen molar-refractivity contribution in [3.05, 3.63) is 52.3 Å². The van der Waals surface area contributed by atoms with Crippen molar-refractivity contribution in [2.24, 2.45) is 7.05 Å². The highest BCUT2D eigenvalue weighted by Crippen LogP contribution is 2.35. The van der Waals surface area contributed by atoms with Gasteiger partial charge in [-0.25, -0.2) is 0 Å². The lowest BCUT2D eigenvalue weighted by atomic mass is 9.97. The van der Waals surface area contributed by atoms with Crippen molar-refractivity contribution in [1.82, 2.24) is 20.0 Å². The molecule has 1 amide bonds. The maximum Gasteiger partial charge on any atom is 0.224 e. The Hall–Kier alpha value is -2.18. The quantitative estimate of drug-likeness (QED) is 0.818. The normalized spacial score (nSPS) is 21.1. The second-order valence-corrected chi connectivity index (χ2v) is 7.49. The minimum Gasteiger partial charge on any atom is -0.387 e. The number of aliphatic hydroxyl groups is 1. The van der Waals surface area contributed by atoms with Crippen LogP contribution in [0.4, 0.5) is 0 Å². The molecule has 0 radical (unpaired) electrons. The molecule has 3 atom stereocenters. The van der Waals surface area contributed by atoms with Crippen LogP contribution in [0, 0.1) is 13.8 Å². The Morgan fingerprint density at radius 3 is 2.48 bits per heavy atom. The number of aromatic nitrogens is 2. The summed E-state index contributed by atoms with van der Waals surface area (Å²) in [4.78, 5) is 14.2. The second kappa shape index (κ2) is 7.82. The van der Waals surface area contributed by atoms with Crippen LogP contribution in [0.1, 0.15) is 53.6 Å². The third kappa shape index (κ3) is 3.77. The topological polar surface area (TPSA) is 70.4 Å². The van der Waals surface area contributed by atoms with Crippen LogP contribution >= 0.6 is 0 Å². The third-order valence-corrected chi connectivity index (χ3v) is 5.79. The van der Waals surface area contributed by atoms with Gasteiger partial charge in [0.05, 0.1) is 17.8 Å². The van der Waals surface area contributed by atoms with Crippen molar-refractivity contribution in [3.8, 4) is 0 Å². The number of carbonyl (C=O) groups excluding carboxylic acids is 1. The van der Waals surface area contributed by atoms with E-state index in [-0.39, 0.29) is 18.0 Å². The summed E-state index contributed by atoms with van der Waals surface area (Å²) in [5.74, 6) is 0.113. The molecular formula is C21H30N4O2. The number of benzene rings is 1. The lowest BCUT2D eigenvalue weighted by Gasteiger charge is -2.27. The predicted octanol–water partition coefficient (Wildman–Crippen LogP) is 2.19. The van der Waals surface area contributed by atoms with Crippen LogP contribution in [0.3, 0.4) is 0 Å². The SMILES string of the molecule is CCc1ccc(C(O)CN[C@@H]2CC(=O)N(C)[C@H]2c2c(C)nn(C)c2C)cc1. The lowest BCUT2D eigenvalue weighted by Crippen LogP contribution is -2.37. The zero-order chi connectivity index (χ0) is 19.7. The predicted molar refractivity (Wildman–Crippen MR) is 105 cm³/mol. The number of amides is 1. The summed E-state index contributed by atoms with van der Waals surface area (Å²) in [6.45, 7) is 6.54. The van der Waals surface area contributed by atoms with Crippen LogP contribution in [0.25, 0.3) is 0 Å². The Morgan fingerprint density at radius 1 is 1.26 bits per heavy atom. The second-order valence-electron chi connectivity index (χ2n) is 7.49. The smallest absolute Gasteiger partial charge is 0.224 e. The molecule has 27 heavy (non-hydrogen) atoms. The van der Waals surface area contributed by atoms with Crippen LogP contribution in [0.5, 0.6) is 0 Å². The van der Waals surface area contributed by atoms with Crippen LogP contribution in [0.15, 0.2) is 24.3 Å². The fourth-order valence-electron chi connectivity index (χ4n) is 4.02. The van der Waals surface area contributed by atoms with Gasteiger partial charge in [-0.2, -0.15) is 5.10 Å². The largest absolute Gasteiger partial charge is 0.387 e. The number of likely N-dealkylation sites (N-methyl/N-ethyl adjacent to an activating group) is 1. The standard InChI is InChI=1S/C21H30N4O2/c1-6-15-7-9-16(10-8-15)18(26)12-22-17-11-19(27)24(4)21(17)20-13(2)23-25(5)14(20)3/h7-10,17-18,21-22,26H,6,11-12H2,1-5H3/t17-,18?,21-/m1/s1. The Morgan fingerprint density at radius 2 is 1.93 bits per heavy atom. The fourth-order valence-corrected chi connectivity index (χ4v) is 4.02. The van der Waals surface area contributed by atoms with Gasteiger partial charge in [-0.3, -0.25) is 9.48 Å². The Bertz CT molecular complexity index is 812. The average Bonchev–Trinajstić information content (AvgIpc) is 3.07. The molecule has 2 heterocycles. The van der Waals surface area contributed by atoms with E-state index in [1.807, 2.05) is 44.8 Å². The van der Waals surface area contributed by atoms with E-state index in [1.54, 1.807) is 4.90 Å². The average molecular weight is 370 g/mol. The molecule has 3 rings (SSSR count). The van der Waals surface area contributed by atoms with E-state index >= 15 is 0 Å². The first-order valence-electron chi connectivity index (χ1n) is 9.59. The maximum absolute atomic E-state index is 12.4. The molecule has 1 fully saturated rings. The van der Waals surface area contributed by atoms with Gasteiger partial charge in [0.15, 0.2) is 0 Å². The van der Waals surface area contributed by atoms with E-state index in [2.05, 4.69) is 29.5 Å². The van der Waals surface area contributed by atoms with Gasteiger partial charge in [-0.1, -0.05) is 31.2 Å². The number of hydrogen-bond acceptors (Lipinski definition) is 4. The van der Waals surface area contributed by atoms with Gasteiger partial charge in [0, 0.05) is 44.4 Å². The van der Waals surface area contributed by atoms with Crippen molar-refractivity contribution in [1.29, 1.82) is 0 Å². The van der Waals surface area contributed by atoms with E-state index in [0.717, 1.165) is 28.9 Å². The van der Waals surface area contributed by atoms with Gasteiger partial charge < -0.3 is 15.3 Å². The van der Waals surface area contributed by atoms with Gasteiger partial charge in [-0.05, 0) is 31.4 Å². The van der Waals surface area contributed by atoms with Crippen molar-refractivity contribution in [3.63, 3.8) is 0 Å². The fraction of sp³-hybridized carbons (Fsp3) is 0.524. The number of rotatable bonds is 6. The lowest BCUT2D eigenvalue weighted by molar-refractivity contribution is -0.127. The minimum atomic E-state index is -0.603. The first-order chi connectivity index (χ1) is 12.8. The van der Waals surface area contributed by atoms with E-state index < -0.39 is 6.10 Å². The molecule has 1 aromatic heterocycles. The molecule has 6 nitrogen and oxygen atoms in total. The van der Waals surface area contributed by atoms with Crippen LogP contribution in [0.2, 0.25) is 0 Å². The van der Waals surface area contributed by atoms with Crippen molar-refractivity contribution >= 4 is 5.91 Å². The number of carbonyl (C=O) groups is 1. The zero-order valence-corrected chi connectivity index (χ0v) is 16.9. The van der Waals surface area contributed by atoms with Crippen molar-refractivity contribution < 1.29 is 9.90 Å². The van der Waals surface area contributed by atoms with E-state index in [9.17, 15) is 9.90 Å². The van der Waals surface area contributed by atoms with Gasteiger partial charge in [0.2, 0.25) is 5.91 Å². The third-order valence-electron chi connectivity index (χ3n) is 5.79. The summed E-state index contributed by atoms with van der Waals surface area (Å²) in [6, 6.07) is 7.94. The van der Waals surface area contributed by atoms with Gasteiger partial charge in [-0.15, -0.1) is 0 Å². The maximum atomic E-state index is 12.4. The van der Waals surface area contributed by atoms with Gasteiger partial charge in [0.25, 0.3) is 0 Å². The molecule has 0 spiro atoms. The molecule has 2 aromatic rings. The summed E-state index contributed by atoms with van der Waals surface area (Å²) >= 11 is 0. The van der Waals surface area contributed by atoms with E-state index in [4.69, 9.17) is 0 Å². The molecule has 1 unspecified atom stereocenters. The van der Waals surface area contributed by atoms with E-state index in [0.29, 0.717) is 13.0 Å². The molecule has 1 saturated heterocycles. The van der Waals surface area contributed by atoms with Crippen molar-refractivity contribution in [2.45, 2.75) is 51.8 Å². The van der Waals surface area contributed by atoms with E-state index in [1.165, 1.54) is 5.56 Å². The van der Waals surface area contributed by atoms with Crippen molar-refractivity contribution in [2.75, 3.05) is 13.6 Å². The van der Waals surface area contributed by atoms with Gasteiger partial charge >= 0.3 is 0 Å². The molecule has 6 heteroatoms. The highest BCUT2D eigenvalue weighted by atomic mass is 16.3. The Kier molecular flexibility index (Phi) is 5.67. The molecule has 146 valence electrons. The summed E-state index contributed by atoms with van der Waals surface area (Å²) in [6.07, 6.45) is 0.807. The summed E-state index contributed by atoms with van der Waals surface area (Å²) in [7, 11) is 3.77. The van der Waals surface area contributed by atoms with Gasteiger partial charge in [0.1, 0.15) is 0 Å². The summed E-state index contributed by atoms with van der Waals surface area (Å²) in [5.41, 5.74) is 5.27. The van der Waals surface area contributed by atoms with Crippen LogP contribution in [-0.2, 0) is 18.3 Å². The molecule has 1 aromatic carbocycles. The number of aryl methyl sites for hydroxylation is 3. The monoisotopic (exact) mass is 370 g/mol. The Balaban J connectivity index is 1.75. The first-order valence-corrected chi connectivity index (χ1v) is 9.59. The highest BCUT2D eigenvalue weighted by molar-refractivity contribution is 5.80. The van der Waals surface area contributed by atoms with Crippen LogP contribution in [-0.4, -0.2) is 45.3 Å². The summed E-state index contributed by atoms with van der Waals surface area (Å²) < 4.78 is 1.86. The first kappa shape index (κ1) is 19.6. The number of nitrogens with one attached hydrogen (secondary N) is 1. The molecule has 0 bridgehead atoms.